The molecular weight excluding hydrogens is 260 g/mol. The zero-order valence-corrected chi connectivity index (χ0v) is 13.2. The normalized spacial score (nSPS) is 28.1. The van der Waals surface area contributed by atoms with Gasteiger partial charge < -0.3 is 10.1 Å². The topological polar surface area (TPSA) is 24.5 Å². The van der Waals surface area contributed by atoms with Crippen LogP contribution >= 0.6 is 11.6 Å². The second-order valence-corrected chi connectivity index (χ2v) is 6.82. The smallest absolute Gasteiger partial charge is 0.0826 e. The first-order valence-electron chi connectivity index (χ1n) is 7.77. The van der Waals surface area contributed by atoms with Crippen LogP contribution in [-0.4, -0.2) is 55.7 Å². The molecule has 0 radical (unpaired) electrons. The van der Waals surface area contributed by atoms with Gasteiger partial charge in [-0.25, -0.2) is 0 Å². The van der Waals surface area contributed by atoms with Crippen LogP contribution in [0.1, 0.15) is 39.5 Å². The molecule has 4 heteroatoms. The molecule has 112 valence electrons. The van der Waals surface area contributed by atoms with E-state index >= 15 is 0 Å². The van der Waals surface area contributed by atoms with Crippen LogP contribution in [0, 0.1) is 5.41 Å². The fraction of sp³-hybridized carbons (Fsp3) is 1.00. The van der Waals surface area contributed by atoms with Gasteiger partial charge in [-0.2, -0.15) is 0 Å². The number of rotatable bonds is 6. The number of alkyl halides is 1. The summed E-state index contributed by atoms with van der Waals surface area (Å²) in [5.41, 5.74) is 0.355. The Morgan fingerprint density at radius 2 is 2.11 bits per heavy atom. The molecule has 0 bridgehead atoms. The number of morpholine rings is 1. The minimum atomic E-state index is 0.338. The van der Waals surface area contributed by atoms with Gasteiger partial charge in [0.2, 0.25) is 0 Å². The summed E-state index contributed by atoms with van der Waals surface area (Å²) in [6.07, 6.45) is 5.59. The van der Waals surface area contributed by atoms with E-state index in [1.165, 1.54) is 25.7 Å². The van der Waals surface area contributed by atoms with Gasteiger partial charge >= 0.3 is 0 Å². The quantitative estimate of drug-likeness (QED) is 0.760. The van der Waals surface area contributed by atoms with E-state index in [2.05, 4.69) is 24.1 Å². The van der Waals surface area contributed by atoms with Crippen LogP contribution in [0.5, 0.6) is 0 Å². The molecule has 3 nitrogen and oxygen atoms in total. The molecule has 1 unspecified atom stereocenters. The molecule has 19 heavy (non-hydrogen) atoms. The average Bonchev–Trinajstić information content (AvgIpc) is 2.88. The summed E-state index contributed by atoms with van der Waals surface area (Å²) in [5.74, 6) is 0.795. The van der Waals surface area contributed by atoms with Gasteiger partial charge in [0, 0.05) is 38.1 Å². The Morgan fingerprint density at radius 3 is 2.74 bits per heavy atom. The number of hydrogen-bond donors (Lipinski definition) is 1. The van der Waals surface area contributed by atoms with E-state index in [0.29, 0.717) is 17.6 Å². The number of nitrogens with zero attached hydrogens (tertiary/aromatic N) is 1. The van der Waals surface area contributed by atoms with E-state index in [1.54, 1.807) is 0 Å². The van der Waals surface area contributed by atoms with E-state index < -0.39 is 0 Å². The van der Waals surface area contributed by atoms with Gasteiger partial charge in [0.05, 0.1) is 12.7 Å². The highest BCUT2D eigenvalue weighted by Gasteiger charge is 2.33. The summed E-state index contributed by atoms with van der Waals surface area (Å²) >= 11 is 6.17. The van der Waals surface area contributed by atoms with Gasteiger partial charge in [-0.15, -0.1) is 11.6 Å². The third kappa shape index (κ3) is 4.32. The Kier molecular flexibility index (Phi) is 5.94. The molecule has 2 fully saturated rings. The molecule has 2 aliphatic rings. The van der Waals surface area contributed by atoms with Crippen molar-refractivity contribution in [3.05, 3.63) is 0 Å². The average molecular weight is 289 g/mol. The lowest BCUT2D eigenvalue weighted by Crippen LogP contribution is -2.50. The van der Waals surface area contributed by atoms with Gasteiger partial charge in [-0.1, -0.05) is 12.8 Å². The third-order valence-electron chi connectivity index (χ3n) is 4.72. The van der Waals surface area contributed by atoms with E-state index in [1.807, 2.05) is 0 Å². The lowest BCUT2D eigenvalue weighted by atomic mass is 9.88. The first-order chi connectivity index (χ1) is 9.15. The van der Waals surface area contributed by atoms with Crippen LogP contribution in [0.3, 0.4) is 0 Å². The molecular formula is C15H29ClN2O. The fourth-order valence-electron chi connectivity index (χ4n) is 3.32. The summed E-state index contributed by atoms with van der Waals surface area (Å²) in [7, 11) is 0. The molecule has 0 aromatic rings. The highest BCUT2D eigenvalue weighted by atomic mass is 35.5. The van der Waals surface area contributed by atoms with Gasteiger partial charge in [-0.05, 0) is 32.1 Å². The molecule has 2 rings (SSSR count). The Morgan fingerprint density at radius 1 is 1.37 bits per heavy atom. The standard InChI is InChI=1S/C15H29ClN2O/c1-13(2)18-7-8-19-14(10-18)9-17-12-15(11-16)5-3-4-6-15/h13-14,17H,3-12H2,1-2H3. The summed E-state index contributed by atoms with van der Waals surface area (Å²) in [4.78, 5) is 2.50. The molecule has 0 aromatic heterocycles. The maximum atomic E-state index is 6.17. The summed E-state index contributed by atoms with van der Waals surface area (Å²) in [6, 6.07) is 0.621. The molecule has 1 saturated carbocycles. The minimum Gasteiger partial charge on any atom is -0.374 e. The molecule has 1 aliphatic carbocycles. The van der Waals surface area contributed by atoms with Gasteiger partial charge in [0.25, 0.3) is 0 Å². The lowest BCUT2D eigenvalue weighted by Gasteiger charge is -2.36. The molecule has 0 aromatic carbocycles. The largest absolute Gasteiger partial charge is 0.374 e. The van der Waals surface area contributed by atoms with E-state index in [-0.39, 0.29) is 0 Å². The van der Waals surface area contributed by atoms with E-state index in [9.17, 15) is 0 Å². The number of ether oxygens (including phenoxy) is 1. The molecule has 0 spiro atoms. The van der Waals surface area contributed by atoms with Gasteiger partial charge in [-0.3, -0.25) is 4.90 Å². The zero-order valence-electron chi connectivity index (χ0n) is 12.5. The third-order valence-corrected chi connectivity index (χ3v) is 5.29. The summed E-state index contributed by atoms with van der Waals surface area (Å²) < 4.78 is 5.85. The Balaban J connectivity index is 1.70. The van der Waals surface area contributed by atoms with Crippen LogP contribution in [0.25, 0.3) is 0 Å². The highest BCUT2D eigenvalue weighted by Crippen LogP contribution is 2.38. The van der Waals surface area contributed by atoms with Crippen molar-refractivity contribution in [2.24, 2.45) is 5.41 Å². The lowest BCUT2D eigenvalue weighted by molar-refractivity contribution is -0.0378. The van der Waals surface area contributed by atoms with Gasteiger partial charge in [0.15, 0.2) is 0 Å². The second kappa shape index (κ2) is 7.26. The molecule has 1 saturated heterocycles. The molecule has 1 aliphatic heterocycles. The predicted molar refractivity (Wildman–Crippen MR) is 80.9 cm³/mol. The van der Waals surface area contributed by atoms with Crippen LogP contribution < -0.4 is 5.32 Å². The minimum absolute atomic E-state index is 0.338. The molecule has 1 atom stereocenters. The predicted octanol–water partition coefficient (Wildman–Crippen LogP) is 2.48. The van der Waals surface area contributed by atoms with Crippen molar-refractivity contribution in [1.29, 1.82) is 0 Å². The van der Waals surface area contributed by atoms with Crippen LogP contribution in [0.2, 0.25) is 0 Å². The SMILES string of the molecule is CC(C)N1CCOC(CNCC2(CCl)CCCC2)C1. The highest BCUT2D eigenvalue weighted by molar-refractivity contribution is 6.18. The van der Waals surface area contributed by atoms with Crippen molar-refractivity contribution in [2.45, 2.75) is 51.7 Å². The summed E-state index contributed by atoms with van der Waals surface area (Å²) in [6.45, 7) is 9.52. The van der Waals surface area contributed by atoms with Crippen molar-refractivity contribution in [3.63, 3.8) is 0 Å². The number of nitrogens with one attached hydrogen (secondary N) is 1. The van der Waals surface area contributed by atoms with Gasteiger partial charge in [0.1, 0.15) is 0 Å². The van der Waals surface area contributed by atoms with E-state index in [4.69, 9.17) is 16.3 Å². The van der Waals surface area contributed by atoms with Crippen LogP contribution in [0.15, 0.2) is 0 Å². The monoisotopic (exact) mass is 288 g/mol. The maximum absolute atomic E-state index is 6.17. The van der Waals surface area contributed by atoms with E-state index in [0.717, 1.165) is 38.7 Å². The molecule has 1 N–H and O–H groups in total. The van der Waals surface area contributed by atoms with Crippen LogP contribution in [-0.2, 0) is 4.74 Å². The first-order valence-corrected chi connectivity index (χ1v) is 8.31. The first kappa shape index (κ1) is 15.6. The molecule has 0 amide bonds. The molecule has 1 heterocycles. The van der Waals surface area contributed by atoms with Crippen LogP contribution in [0.4, 0.5) is 0 Å². The van der Waals surface area contributed by atoms with Crippen molar-refractivity contribution in [1.82, 2.24) is 10.2 Å². The Bertz CT molecular complexity index is 267. The number of hydrogen-bond acceptors (Lipinski definition) is 3. The van der Waals surface area contributed by atoms with Crippen molar-refractivity contribution < 1.29 is 4.74 Å². The Labute approximate surface area is 123 Å². The maximum Gasteiger partial charge on any atom is 0.0826 e. The van der Waals surface area contributed by atoms with Crippen molar-refractivity contribution in [2.75, 3.05) is 38.7 Å². The van der Waals surface area contributed by atoms with Crippen molar-refractivity contribution in [3.8, 4) is 0 Å². The zero-order chi connectivity index (χ0) is 13.7. The number of halogens is 1. The Hall–Kier alpha value is 0.170. The van der Waals surface area contributed by atoms with Crippen molar-refractivity contribution >= 4 is 11.6 Å². The fourth-order valence-corrected chi connectivity index (χ4v) is 3.68. The summed E-state index contributed by atoms with van der Waals surface area (Å²) in [5, 5.41) is 3.61. The second-order valence-electron chi connectivity index (χ2n) is 6.55.